The van der Waals surface area contributed by atoms with E-state index in [4.69, 9.17) is 0 Å². The van der Waals surface area contributed by atoms with Crippen LogP contribution >= 0.6 is 11.3 Å². The van der Waals surface area contributed by atoms with Crippen LogP contribution < -0.4 is 5.32 Å². The van der Waals surface area contributed by atoms with Gasteiger partial charge in [0.15, 0.2) is 0 Å². The minimum Gasteiger partial charge on any atom is -0.481 e. The highest BCUT2D eigenvalue weighted by Crippen LogP contribution is 2.33. The first-order chi connectivity index (χ1) is 7.23. The van der Waals surface area contributed by atoms with Crippen LogP contribution in [0.3, 0.4) is 0 Å². The summed E-state index contributed by atoms with van der Waals surface area (Å²) in [7, 11) is 0. The number of hydrogen-bond acceptors (Lipinski definition) is 4. The van der Waals surface area contributed by atoms with Crippen molar-refractivity contribution >= 4 is 17.3 Å². The van der Waals surface area contributed by atoms with E-state index >= 15 is 0 Å². The van der Waals surface area contributed by atoms with E-state index in [9.17, 15) is 9.90 Å². The second-order valence-corrected chi connectivity index (χ2v) is 4.71. The summed E-state index contributed by atoms with van der Waals surface area (Å²) >= 11 is 1.52. The highest BCUT2D eigenvalue weighted by Gasteiger charge is 2.40. The number of rotatable bonds is 3. The van der Waals surface area contributed by atoms with Crippen molar-refractivity contribution in [2.24, 2.45) is 5.41 Å². The molecule has 2 N–H and O–H groups in total. The molecule has 2 rings (SSSR count). The van der Waals surface area contributed by atoms with E-state index in [1.54, 1.807) is 5.51 Å². The zero-order valence-electron chi connectivity index (χ0n) is 8.40. The van der Waals surface area contributed by atoms with E-state index < -0.39 is 11.4 Å². The summed E-state index contributed by atoms with van der Waals surface area (Å²) in [6.07, 6.45) is 1.95. The third kappa shape index (κ3) is 2.18. The van der Waals surface area contributed by atoms with Crippen LogP contribution in [0.25, 0.3) is 0 Å². The zero-order chi connectivity index (χ0) is 10.7. The number of aliphatic carboxylic acids is 1. The smallest absolute Gasteiger partial charge is 0.310 e. The average molecular weight is 226 g/mol. The van der Waals surface area contributed by atoms with Crippen LogP contribution in [-0.2, 0) is 11.2 Å². The molecule has 1 aliphatic heterocycles. The van der Waals surface area contributed by atoms with Crippen LogP contribution in [0.1, 0.15) is 18.5 Å². The second kappa shape index (κ2) is 4.28. The molecule has 0 bridgehead atoms. The highest BCUT2D eigenvalue weighted by atomic mass is 32.1. The lowest BCUT2D eigenvalue weighted by molar-refractivity contribution is -0.150. The summed E-state index contributed by atoms with van der Waals surface area (Å²) in [6.45, 7) is 1.58. The second-order valence-electron chi connectivity index (χ2n) is 3.99. The maximum Gasteiger partial charge on any atom is 0.310 e. The molecule has 0 saturated carbocycles. The summed E-state index contributed by atoms with van der Waals surface area (Å²) in [6, 6.07) is 0. The zero-order valence-corrected chi connectivity index (χ0v) is 9.22. The lowest BCUT2D eigenvalue weighted by Crippen LogP contribution is -2.43. The first kappa shape index (κ1) is 10.6. The Morgan fingerprint density at radius 2 is 2.33 bits per heavy atom. The van der Waals surface area contributed by atoms with Gasteiger partial charge in [0.25, 0.3) is 0 Å². The van der Waals surface area contributed by atoms with Crippen LogP contribution in [0.4, 0.5) is 0 Å². The van der Waals surface area contributed by atoms with Crippen molar-refractivity contribution < 1.29 is 9.90 Å². The molecule has 1 aromatic heterocycles. The first-order valence-electron chi connectivity index (χ1n) is 5.04. The summed E-state index contributed by atoms with van der Waals surface area (Å²) in [5.41, 5.74) is 2.06. The Balaban J connectivity index is 2.15. The molecule has 4 nitrogen and oxygen atoms in total. The summed E-state index contributed by atoms with van der Waals surface area (Å²) in [5.74, 6) is -0.683. The van der Waals surface area contributed by atoms with Gasteiger partial charge in [0.1, 0.15) is 0 Å². The molecule has 0 spiro atoms. The Kier molecular flexibility index (Phi) is 3.02. The molecule has 0 aliphatic carbocycles. The van der Waals surface area contributed by atoms with E-state index in [-0.39, 0.29) is 0 Å². The van der Waals surface area contributed by atoms with E-state index in [2.05, 4.69) is 10.3 Å². The van der Waals surface area contributed by atoms with Gasteiger partial charge in [0.2, 0.25) is 0 Å². The fraction of sp³-hybridized carbons (Fsp3) is 0.600. The van der Waals surface area contributed by atoms with Gasteiger partial charge in [-0.15, -0.1) is 11.3 Å². The van der Waals surface area contributed by atoms with E-state index in [1.165, 1.54) is 11.3 Å². The average Bonchev–Trinajstić information content (AvgIpc) is 2.71. The van der Waals surface area contributed by atoms with Crippen LogP contribution in [-0.4, -0.2) is 29.1 Å². The predicted octanol–water partition coefficient (Wildman–Crippen LogP) is 1.14. The van der Waals surface area contributed by atoms with Gasteiger partial charge in [-0.2, -0.15) is 0 Å². The van der Waals surface area contributed by atoms with Crippen molar-refractivity contribution in [1.82, 2.24) is 10.3 Å². The summed E-state index contributed by atoms with van der Waals surface area (Å²) in [4.78, 5) is 15.5. The third-order valence-corrected chi connectivity index (χ3v) is 3.65. The molecule has 5 heteroatoms. The number of nitrogens with one attached hydrogen (secondary N) is 1. The predicted molar refractivity (Wildman–Crippen MR) is 58.0 cm³/mol. The molecule has 1 aliphatic rings. The Hall–Kier alpha value is -0.940. The molecule has 15 heavy (non-hydrogen) atoms. The quantitative estimate of drug-likeness (QED) is 0.811. The molecule has 82 valence electrons. The van der Waals surface area contributed by atoms with Crippen molar-refractivity contribution in [3.8, 4) is 0 Å². The Bertz CT molecular complexity index is 331. The van der Waals surface area contributed by atoms with Gasteiger partial charge in [-0.3, -0.25) is 4.79 Å². The Morgan fingerprint density at radius 1 is 1.60 bits per heavy atom. The maximum atomic E-state index is 11.4. The Morgan fingerprint density at radius 3 is 2.87 bits per heavy atom. The molecule has 1 aromatic rings. The number of hydrogen-bond donors (Lipinski definition) is 2. The normalized spacial score (nSPS) is 20.0. The van der Waals surface area contributed by atoms with E-state index in [1.807, 2.05) is 5.38 Å². The minimum absolute atomic E-state index is 0.563. The topological polar surface area (TPSA) is 62.2 Å². The van der Waals surface area contributed by atoms with Gasteiger partial charge in [0.05, 0.1) is 16.6 Å². The molecule has 0 atom stereocenters. The fourth-order valence-corrected chi connectivity index (χ4v) is 2.60. The third-order valence-electron chi connectivity index (χ3n) is 3.02. The van der Waals surface area contributed by atoms with Crippen molar-refractivity contribution in [1.29, 1.82) is 0 Å². The fourth-order valence-electron chi connectivity index (χ4n) is 2.04. The number of carboxylic acids is 1. The first-order valence-corrected chi connectivity index (χ1v) is 5.98. The van der Waals surface area contributed by atoms with Crippen LogP contribution in [0.15, 0.2) is 10.9 Å². The number of carbonyl (C=O) groups is 1. The number of thiazole rings is 1. The molecule has 2 heterocycles. The standard InChI is InChI=1S/C10H14N2O2S/c13-9(14)10(1-3-11-4-2-10)5-8-6-15-7-12-8/h6-7,11H,1-5H2,(H,13,14). The lowest BCUT2D eigenvalue weighted by atomic mass is 9.75. The molecule has 0 amide bonds. The van der Waals surface area contributed by atoms with Crippen LogP contribution in [0.5, 0.6) is 0 Å². The molecule has 0 radical (unpaired) electrons. The summed E-state index contributed by atoms with van der Waals surface area (Å²) in [5, 5.41) is 14.5. The van der Waals surface area contributed by atoms with Gasteiger partial charge < -0.3 is 10.4 Å². The van der Waals surface area contributed by atoms with Gasteiger partial charge in [-0.05, 0) is 25.9 Å². The minimum atomic E-state index is -0.683. The lowest BCUT2D eigenvalue weighted by Gasteiger charge is -2.33. The van der Waals surface area contributed by atoms with Crippen molar-refractivity contribution in [2.45, 2.75) is 19.3 Å². The molecule has 0 aromatic carbocycles. The summed E-state index contributed by atoms with van der Waals surface area (Å²) < 4.78 is 0. The van der Waals surface area contributed by atoms with Crippen LogP contribution in [0, 0.1) is 5.41 Å². The van der Waals surface area contributed by atoms with Crippen molar-refractivity contribution in [2.75, 3.05) is 13.1 Å². The highest BCUT2D eigenvalue weighted by molar-refractivity contribution is 7.07. The van der Waals surface area contributed by atoms with Crippen molar-refractivity contribution in [3.63, 3.8) is 0 Å². The number of piperidine rings is 1. The van der Waals surface area contributed by atoms with Gasteiger partial charge in [-0.1, -0.05) is 0 Å². The SMILES string of the molecule is O=C(O)C1(Cc2cscn2)CCNCC1. The molecular formula is C10H14N2O2S. The largest absolute Gasteiger partial charge is 0.481 e. The molecule has 0 unspecified atom stereocenters. The Labute approximate surface area is 92.3 Å². The number of aromatic nitrogens is 1. The molecule has 1 fully saturated rings. The van der Waals surface area contributed by atoms with Crippen LogP contribution in [0.2, 0.25) is 0 Å². The van der Waals surface area contributed by atoms with Gasteiger partial charge in [0, 0.05) is 11.8 Å². The number of nitrogens with zero attached hydrogens (tertiary/aromatic N) is 1. The van der Waals surface area contributed by atoms with Gasteiger partial charge in [-0.25, -0.2) is 4.98 Å². The molecular weight excluding hydrogens is 212 g/mol. The van der Waals surface area contributed by atoms with E-state index in [0.29, 0.717) is 19.3 Å². The van der Waals surface area contributed by atoms with E-state index in [0.717, 1.165) is 18.8 Å². The van der Waals surface area contributed by atoms with Crippen molar-refractivity contribution in [3.05, 3.63) is 16.6 Å². The molecule has 1 saturated heterocycles. The maximum absolute atomic E-state index is 11.4. The number of carboxylic acid groups (broad SMARTS) is 1. The van der Waals surface area contributed by atoms with Gasteiger partial charge >= 0.3 is 5.97 Å². The monoisotopic (exact) mass is 226 g/mol.